The number of hydrogen-bond donors (Lipinski definition) is 2. The second-order valence-electron chi connectivity index (χ2n) is 7.62. The molecule has 0 radical (unpaired) electrons. The first kappa shape index (κ1) is 16.5. The van der Waals surface area contributed by atoms with E-state index < -0.39 is 0 Å². The Labute approximate surface area is 118 Å². The van der Waals surface area contributed by atoms with E-state index in [9.17, 15) is 4.79 Å². The summed E-state index contributed by atoms with van der Waals surface area (Å²) in [5.41, 5.74) is 6.28. The van der Waals surface area contributed by atoms with Gasteiger partial charge in [-0.15, -0.1) is 0 Å². The van der Waals surface area contributed by atoms with Gasteiger partial charge >= 0.3 is 0 Å². The predicted molar refractivity (Wildman–Crippen MR) is 80.8 cm³/mol. The summed E-state index contributed by atoms with van der Waals surface area (Å²) in [5, 5.41) is 3.10. The molecule has 1 rings (SSSR count). The van der Waals surface area contributed by atoms with Gasteiger partial charge in [-0.25, -0.2) is 0 Å². The highest BCUT2D eigenvalue weighted by Crippen LogP contribution is 2.39. The van der Waals surface area contributed by atoms with Gasteiger partial charge in [0.25, 0.3) is 0 Å². The number of carbonyl (C=O) groups is 1. The summed E-state index contributed by atoms with van der Waals surface area (Å²) < 4.78 is 0. The van der Waals surface area contributed by atoms with E-state index in [0.29, 0.717) is 24.3 Å². The second kappa shape index (κ2) is 6.74. The van der Waals surface area contributed by atoms with Gasteiger partial charge in [0.2, 0.25) is 5.91 Å². The standard InChI is InChI=1S/C16H32N2O/c1-15(2,3)13(8-11-17)6-7-14(19)18-12-16(4)9-5-10-16/h13H,5-12,17H2,1-4H3,(H,18,19). The van der Waals surface area contributed by atoms with Crippen LogP contribution in [0.1, 0.15) is 66.2 Å². The van der Waals surface area contributed by atoms with Crippen molar-refractivity contribution in [3.63, 3.8) is 0 Å². The molecular formula is C16H32N2O. The third-order valence-corrected chi connectivity index (χ3v) is 4.73. The molecule has 1 atom stereocenters. The second-order valence-corrected chi connectivity index (χ2v) is 7.62. The third kappa shape index (κ3) is 5.52. The SMILES string of the molecule is CC1(CNC(=O)CCC(CCN)C(C)(C)C)CCC1. The highest BCUT2D eigenvalue weighted by Gasteiger charge is 2.32. The first-order valence-electron chi connectivity index (χ1n) is 7.74. The zero-order valence-corrected chi connectivity index (χ0v) is 13.2. The molecule has 1 unspecified atom stereocenters. The smallest absolute Gasteiger partial charge is 0.220 e. The first-order chi connectivity index (χ1) is 8.77. The Morgan fingerprint density at radius 3 is 2.37 bits per heavy atom. The van der Waals surface area contributed by atoms with E-state index in [1.807, 2.05) is 0 Å². The fourth-order valence-electron chi connectivity index (χ4n) is 2.87. The van der Waals surface area contributed by atoms with E-state index in [1.54, 1.807) is 0 Å². The summed E-state index contributed by atoms with van der Waals surface area (Å²) in [4.78, 5) is 11.9. The van der Waals surface area contributed by atoms with Crippen molar-refractivity contribution in [3.05, 3.63) is 0 Å². The van der Waals surface area contributed by atoms with Crippen LogP contribution in [0.5, 0.6) is 0 Å². The Hall–Kier alpha value is -0.570. The van der Waals surface area contributed by atoms with Crippen LogP contribution >= 0.6 is 0 Å². The molecule has 3 nitrogen and oxygen atoms in total. The average molecular weight is 268 g/mol. The van der Waals surface area contributed by atoms with Gasteiger partial charge in [-0.05, 0) is 49.0 Å². The van der Waals surface area contributed by atoms with Crippen molar-refractivity contribution in [2.75, 3.05) is 13.1 Å². The lowest BCUT2D eigenvalue weighted by molar-refractivity contribution is -0.122. The van der Waals surface area contributed by atoms with Crippen LogP contribution in [0.3, 0.4) is 0 Å². The Morgan fingerprint density at radius 2 is 1.95 bits per heavy atom. The van der Waals surface area contributed by atoms with Crippen LogP contribution in [-0.4, -0.2) is 19.0 Å². The Balaban J connectivity index is 2.27. The summed E-state index contributed by atoms with van der Waals surface area (Å²) in [5.74, 6) is 0.738. The number of carbonyl (C=O) groups excluding carboxylic acids is 1. The quantitative estimate of drug-likeness (QED) is 0.745. The minimum absolute atomic E-state index is 0.208. The number of nitrogens with two attached hydrogens (primary N) is 1. The lowest BCUT2D eigenvalue weighted by Gasteiger charge is -2.38. The summed E-state index contributed by atoms with van der Waals surface area (Å²) in [6, 6.07) is 0. The van der Waals surface area contributed by atoms with Crippen molar-refractivity contribution in [3.8, 4) is 0 Å². The van der Waals surface area contributed by atoms with Gasteiger partial charge in [0.05, 0.1) is 0 Å². The number of nitrogens with one attached hydrogen (secondary N) is 1. The van der Waals surface area contributed by atoms with Gasteiger partial charge in [0.15, 0.2) is 0 Å². The monoisotopic (exact) mass is 268 g/mol. The lowest BCUT2D eigenvalue weighted by Crippen LogP contribution is -2.40. The fourth-order valence-corrected chi connectivity index (χ4v) is 2.87. The van der Waals surface area contributed by atoms with Crippen molar-refractivity contribution in [2.24, 2.45) is 22.5 Å². The molecule has 0 bridgehead atoms. The molecule has 3 heteroatoms. The zero-order valence-electron chi connectivity index (χ0n) is 13.2. The van der Waals surface area contributed by atoms with Crippen LogP contribution in [0, 0.1) is 16.7 Å². The van der Waals surface area contributed by atoms with Crippen LogP contribution in [0.25, 0.3) is 0 Å². The lowest BCUT2D eigenvalue weighted by atomic mass is 9.70. The number of hydrogen-bond acceptors (Lipinski definition) is 2. The third-order valence-electron chi connectivity index (χ3n) is 4.73. The van der Waals surface area contributed by atoms with Gasteiger partial charge in [-0.3, -0.25) is 4.79 Å². The molecule has 1 amide bonds. The van der Waals surface area contributed by atoms with E-state index in [-0.39, 0.29) is 11.3 Å². The molecule has 0 aromatic heterocycles. The molecule has 1 fully saturated rings. The molecule has 1 saturated carbocycles. The predicted octanol–water partition coefficient (Wildman–Crippen LogP) is 3.08. The molecule has 0 aromatic carbocycles. The molecule has 1 aliphatic carbocycles. The van der Waals surface area contributed by atoms with Crippen LogP contribution < -0.4 is 11.1 Å². The van der Waals surface area contributed by atoms with Crippen molar-refractivity contribution in [1.29, 1.82) is 0 Å². The van der Waals surface area contributed by atoms with Crippen molar-refractivity contribution < 1.29 is 4.79 Å². The van der Waals surface area contributed by atoms with Crippen LogP contribution in [0.15, 0.2) is 0 Å². The maximum atomic E-state index is 11.9. The van der Waals surface area contributed by atoms with Gasteiger partial charge in [0, 0.05) is 13.0 Å². The molecule has 112 valence electrons. The van der Waals surface area contributed by atoms with Gasteiger partial charge < -0.3 is 11.1 Å². The number of rotatable bonds is 7. The van der Waals surface area contributed by atoms with E-state index in [4.69, 9.17) is 5.73 Å². The summed E-state index contributed by atoms with van der Waals surface area (Å²) in [6.45, 7) is 10.5. The van der Waals surface area contributed by atoms with Gasteiger partial charge in [-0.1, -0.05) is 34.1 Å². The molecule has 0 aromatic rings. The summed E-state index contributed by atoms with van der Waals surface area (Å²) >= 11 is 0. The molecule has 0 spiro atoms. The Morgan fingerprint density at radius 1 is 1.32 bits per heavy atom. The highest BCUT2D eigenvalue weighted by molar-refractivity contribution is 5.75. The van der Waals surface area contributed by atoms with Gasteiger partial charge in [-0.2, -0.15) is 0 Å². The van der Waals surface area contributed by atoms with Crippen LogP contribution in [-0.2, 0) is 4.79 Å². The Kier molecular flexibility index (Phi) is 5.84. The molecule has 0 aliphatic heterocycles. The average Bonchev–Trinajstić information content (AvgIpc) is 2.27. The van der Waals surface area contributed by atoms with E-state index in [1.165, 1.54) is 19.3 Å². The Bertz CT molecular complexity index is 290. The van der Waals surface area contributed by atoms with Crippen molar-refractivity contribution in [1.82, 2.24) is 5.32 Å². The molecule has 0 saturated heterocycles. The minimum Gasteiger partial charge on any atom is -0.356 e. The van der Waals surface area contributed by atoms with E-state index in [2.05, 4.69) is 33.0 Å². The molecular weight excluding hydrogens is 236 g/mol. The van der Waals surface area contributed by atoms with Gasteiger partial charge in [0.1, 0.15) is 0 Å². The molecule has 3 N–H and O–H groups in total. The van der Waals surface area contributed by atoms with Crippen molar-refractivity contribution in [2.45, 2.75) is 66.2 Å². The number of amides is 1. The minimum atomic E-state index is 0.208. The molecule has 0 heterocycles. The summed E-state index contributed by atoms with van der Waals surface area (Å²) in [7, 11) is 0. The van der Waals surface area contributed by atoms with E-state index >= 15 is 0 Å². The first-order valence-corrected chi connectivity index (χ1v) is 7.74. The highest BCUT2D eigenvalue weighted by atomic mass is 16.1. The largest absolute Gasteiger partial charge is 0.356 e. The summed E-state index contributed by atoms with van der Waals surface area (Å²) in [6.07, 6.45) is 6.42. The molecule has 1 aliphatic rings. The normalized spacial score (nSPS) is 19.6. The topological polar surface area (TPSA) is 55.1 Å². The van der Waals surface area contributed by atoms with Crippen LogP contribution in [0.4, 0.5) is 0 Å². The maximum absolute atomic E-state index is 11.9. The fraction of sp³-hybridized carbons (Fsp3) is 0.938. The molecule has 19 heavy (non-hydrogen) atoms. The zero-order chi connectivity index (χ0) is 14.5. The van der Waals surface area contributed by atoms with Crippen molar-refractivity contribution >= 4 is 5.91 Å². The maximum Gasteiger partial charge on any atom is 0.220 e. The van der Waals surface area contributed by atoms with E-state index in [0.717, 1.165) is 19.4 Å². The van der Waals surface area contributed by atoms with Crippen LogP contribution in [0.2, 0.25) is 0 Å².